The molecule has 0 N–H and O–H groups in total. The minimum Gasteiger partial charge on any atom is -0.368 e. The highest BCUT2D eigenvalue weighted by Crippen LogP contribution is 2.20. The average molecular weight is 397 g/mol. The number of rotatable bonds is 5. The molecule has 0 spiro atoms. The molecule has 0 unspecified atom stereocenters. The maximum Gasteiger partial charge on any atom is 0.167 e. The van der Waals surface area contributed by atoms with Crippen LogP contribution >= 0.6 is 0 Å². The number of carbonyl (C=O) groups is 1. The number of aromatic nitrogens is 3. The molecule has 5 rings (SSSR count). The number of anilines is 2. The van der Waals surface area contributed by atoms with E-state index >= 15 is 0 Å². The summed E-state index contributed by atoms with van der Waals surface area (Å²) in [5.41, 5.74) is 3.72. The summed E-state index contributed by atoms with van der Waals surface area (Å²) in [5, 5.41) is 0. The lowest BCUT2D eigenvalue weighted by atomic mass is 10.0. The number of ketones is 1. The second-order valence-electron chi connectivity index (χ2n) is 7.54. The molecular formula is C24H23N5O. The Morgan fingerprint density at radius 2 is 1.63 bits per heavy atom. The molecule has 1 aromatic carbocycles. The number of piperazine rings is 1. The molecular weight excluding hydrogens is 374 g/mol. The van der Waals surface area contributed by atoms with Crippen LogP contribution in [0.25, 0.3) is 5.65 Å². The van der Waals surface area contributed by atoms with E-state index in [9.17, 15) is 4.79 Å². The second kappa shape index (κ2) is 7.99. The van der Waals surface area contributed by atoms with Crippen LogP contribution in [-0.4, -0.2) is 46.3 Å². The number of nitrogens with zero attached hydrogens (tertiary/aromatic N) is 5. The zero-order chi connectivity index (χ0) is 20.3. The molecule has 30 heavy (non-hydrogen) atoms. The number of benzene rings is 1. The quantitative estimate of drug-likeness (QED) is 0.483. The van der Waals surface area contributed by atoms with E-state index in [1.54, 1.807) is 6.20 Å². The Labute approximate surface area is 175 Å². The monoisotopic (exact) mass is 397 g/mol. The first-order valence-electron chi connectivity index (χ1n) is 10.2. The van der Waals surface area contributed by atoms with Gasteiger partial charge in [-0.1, -0.05) is 18.2 Å². The van der Waals surface area contributed by atoms with Crippen LogP contribution in [0.1, 0.15) is 15.9 Å². The predicted octanol–water partition coefficient (Wildman–Crippen LogP) is 3.48. The molecule has 1 aliphatic heterocycles. The van der Waals surface area contributed by atoms with E-state index in [-0.39, 0.29) is 5.78 Å². The minimum atomic E-state index is 0.109. The molecule has 1 aliphatic rings. The van der Waals surface area contributed by atoms with Crippen molar-refractivity contribution < 1.29 is 4.79 Å². The van der Waals surface area contributed by atoms with Gasteiger partial charge in [0.05, 0.1) is 0 Å². The molecule has 0 bridgehead atoms. The van der Waals surface area contributed by atoms with Gasteiger partial charge in [-0.2, -0.15) is 0 Å². The summed E-state index contributed by atoms with van der Waals surface area (Å²) in [4.78, 5) is 26.1. The maximum atomic E-state index is 12.7. The number of Topliss-reactive ketones (excluding diaryl/α,β-unsaturated/α-hetero) is 1. The van der Waals surface area contributed by atoms with Crippen LogP contribution < -0.4 is 9.80 Å². The summed E-state index contributed by atoms with van der Waals surface area (Å²) < 4.78 is 1.90. The molecule has 0 amide bonds. The number of hydrogen-bond donors (Lipinski definition) is 0. The van der Waals surface area contributed by atoms with Crippen LogP contribution in [0.4, 0.5) is 11.5 Å². The maximum absolute atomic E-state index is 12.7. The Bertz CT molecular complexity index is 1150. The first-order chi connectivity index (χ1) is 14.8. The lowest BCUT2D eigenvalue weighted by Gasteiger charge is -2.36. The van der Waals surface area contributed by atoms with Crippen molar-refractivity contribution in [3.05, 3.63) is 90.5 Å². The number of carbonyl (C=O) groups excluding carboxylic acids is 1. The topological polar surface area (TPSA) is 53.7 Å². The Kier molecular flexibility index (Phi) is 4.89. The highest BCUT2D eigenvalue weighted by molar-refractivity contribution is 5.98. The van der Waals surface area contributed by atoms with E-state index in [1.807, 2.05) is 47.3 Å². The Morgan fingerprint density at radius 3 is 2.40 bits per heavy atom. The Hall–Kier alpha value is -3.67. The Balaban J connectivity index is 1.21. The lowest BCUT2D eigenvalue weighted by Crippen LogP contribution is -2.46. The van der Waals surface area contributed by atoms with Crippen molar-refractivity contribution in [1.82, 2.24) is 14.4 Å². The van der Waals surface area contributed by atoms with Crippen molar-refractivity contribution in [3.8, 4) is 0 Å². The lowest BCUT2D eigenvalue weighted by molar-refractivity contribution is 0.0993. The molecule has 1 fully saturated rings. The van der Waals surface area contributed by atoms with Crippen molar-refractivity contribution in [2.45, 2.75) is 6.42 Å². The zero-order valence-corrected chi connectivity index (χ0v) is 16.7. The second-order valence-corrected chi connectivity index (χ2v) is 7.54. The van der Waals surface area contributed by atoms with Crippen LogP contribution in [0.2, 0.25) is 0 Å². The van der Waals surface area contributed by atoms with Crippen LogP contribution in [0.3, 0.4) is 0 Å². The van der Waals surface area contributed by atoms with Gasteiger partial charge in [0, 0.05) is 68.6 Å². The van der Waals surface area contributed by atoms with Crippen LogP contribution in [-0.2, 0) is 6.42 Å². The fourth-order valence-corrected chi connectivity index (χ4v) is 3.93. The van der Waals surface area contributed by atoms with Gasteiger partial charge in [-0.25, -0.2) is 9.97 Å². The third-order valence-electron chi connectivity index (χ3n) is 5.64. The van der Waals surface area contributed by atoms with E-state index in [1.165, 1.54) is 5.69 Å². The van der Waals surface area contributed by atoms with Crippen molar-refractivity contribution in [2.75, 3.05) is 36.0 Å². The molecule has 4 aromatic rings. The van der Waals surface area contributed by atoms with Gasteiger partial charge >= 0.3 is 0 Å². The molecule has 0 aliphatic carbocycles. The van der Waals surface area contributed by atoms with Gasteiger partial charge in [0.25, 0.3) is 0 Å². The molecule has 6 heteroatoms. The van der Waals surface area contributed by atoms with Gasteiger partial charge in [0.1, 0.15) is 11.5 Å². The van der Waals surface area contributed by atoms with Gasteiger partial charge in [-0.05, 0) is 42.0 Å². The van der Waals surface area contributed by atoms with Crippen LogP contribution in [0.15, 0.2) is 79.4 Å². The first-order valence-corrected chi connectivity index (χ1v) is 10.2. The Morgan fingerprint density at radius 1 is 0.833 bits per heavy atom. The van der Waals surface area contributed by atoms with Crippen molar-refractivity contribution in [3.63, 3.8) is 0 Å². The largest absolute Gasteiger partial charge is 0.368 e. The van der Waals surface area contributed by atoms with Gasteiger partial charge in [0.15, 0.2) is 5.78 Å². The zero-order valence-electron chi connectivity index (χ0n) is 16.7. The predicted molar refractivity (Wildman–Crippen MR) is 118 cm³/mol. The third kappa shape index (κ3) is 3.76. The van der Waals surface area contributed by atoms with Crippen LogP contribution in [0, 0.1) is 0 Å². The fourth-order valence-electron chi connectivity index (χ4n) is 3.93. The first kappa shape index (κ1) is 18.4. The van der Waals surface area contributed by atoms with Crippen molar-refractivity contribution in [2.24, 2.45) is 0 Å². The van der Waals surface area contributed by atoms with Gasteiger partial charge < -0.3 is 14.2 Å². The van der Waals surface area contributed by atoms with Crippen LogP contribution in [0.5, 0.6) is 0 Å². The standard InChI is InChI=1S/C24H23N5O/c30-22(20-8-11-28-12-10-26-24(28)18-20)17-19-4-6-21(7-5-19)27-13-15-29(16-14-27)23-3-1-2-9-25-23/h1-12,18H,13-17H2. The van der Waals surface area contributed by atoms with Gasteiger partial charge in [-0.3, -0.25) is 4.79 Å². The summed E-state index contributed by atoms with van der Waals surface area (Å²) in [6, 6.07) is 18.1. The van der Waals surface area contributed by atoms with E-state index in [4.69, 9.17) is 0 Å². The molecule has 1 saturated heterocycles. The number of pyridine rings is 2. The van der Waals surface area contributed by atoms with E-state index in [0.717, 1.165) is 43.2 Å². The summed E-state index contributed by atoms with van der Waals surface area (Å²) in [6.45, 7) is 3.82. The highest BCUT2D eigenvalue weighted by atomic mass is 16.1. The molecule has 150 valence electrons. The summed E-state index contributed by atoms with van der Waals surface area (Å²) in [5.74, 6) is 1.15. The van der Waals surface area contributed by atoms with E-state index < -0.39 is 0 Å². The highest BCUT2D eigenvalue weighted by Gasteiger charge is 2.18. The smallest absolute Gasteiger partial charge is 0.167 e. The fraction of sp³-hybridized carbons (Fsp3) is 0.208. The molecule has 0 radical (unpaired) electrons. The summed E-state index contributed by atoms with van der Waals surface area (Å²) >= 11 is 0. The molecule has 6 nitrogen and oxygen atoms in total. The minimum absolute atomic E-state index is 0.109. The molecule has 0 atom stereocenters. The summed E-state index contributed by atoms with van der Waals surface area (Å²) in [7, 11) is 0. The van der Waals surface area contributed by atoms with E-state index in [0.29, 0.717) is 12.0 Å². The van der Waals surface area contributed by atoms with E-state index in [2.05, 4.69) is 50.1 Å². The van der Waals surface area contributed by atoms with Gasteiger partial charge in [0.2, 0.25) is 0 Å². The molecule has 4 heterocycles. The average Bonchev–Trinajstić information content (AvgIpc) is 3.28. The SMILES string of the molecule is O=C(Cc1ccc(N2CCN(c3ccccn3)CC2)cc1)c1ccn2ccnc2c1. The number of fused-ring (bicyclic) bond motifs is 1. The number of hydrogen-bond acceptors (Lipinski definition) is 5. The molecule has 0 saturated carbocycles. The van der Waals surface area contributed by atoms with Crippen molar-refractivity contribution in [1.29, 1.82) is 0 Å². The third-order valence-corrected chi connectivity index (χ3v) is 5.64. The molecule has 3 aromatic heterocycles. The summed E-state index contributed by atoms with van der Waals surface area (Å²) in [6.07, 6.45) is 7.72. The number of imidazole rings is 1. The van der Waals surface area contributed by atoms with Gasteiger partial charge in [-0.15, -0.1) is 0 Å². The van der Waals surface area contributed by atoms with Crippen molar-refractivity contribution >= 4 is 22.9 Å². The normalized spacial score (nSPS) is 14.3.